The third kappa shape index (κ3) is 4.03. The van der Waals surface area contributed by atoms with E-state index in [2.05, 4.69) is 17.9 Å². The summed E-state index contributed by atoms with van der Waals surface area (Å²) in [5.74, 6) is 0.623. The Balaban J connectivity index is 1.74. The van der Waals surface area contributed by atoms with E-state index in [0.29, 0.717) is 24.7 Å². The van der Waals surface area contributed by atoms with Gasteiger partial charge in [0.05, 0.1) is 26.4 Å². The monoisotopic (exact) mass is 429 g/mol. The number of esters is 1. The molecule has 0 aromatic heterocycles. The number of Topliss-reactive ketones (excluding diaryl/α,β-unsaturated/α-hetero) is 1. The van der Waals surface area contributed by atoms with Gasteiger partial charge in [0.1, 0.15) is 12.2 Å². The van der Waals surface area contributed by atoms with E-state index in [1.807, 2.05) is 6.07 Å². The van der Waals surface area contributed by atoms with Crippen LogP contribution in [0.2, 0.25) is 0 Å². The van der Waals surface area contributed by atoms with Gasteiger partial charge < -0.3 is 23.8 Å². The van der Waals surface area contributed by atoms with E-state index in [1.54, 1.807) is 27.3 Å². The van der Waals surface area contributed by atoms with E-state index in [0.717, 1.165) is 24.8 Å². The van der Waals surface area contributed by atoms with Crippen LogP contribution in [0.1, 0.15) is 50.3 Å². The second kappa shape index (κ2) is 8.54. The highest BCUT2D eigenvalue weighted by molar-refractivity contribution is 6.17. The molecule has 0 amide bonds. The van der Waals surface area contributed by atoms with E-state index in [9.17, 15) is 9.59 Å². The van der Waals surface area contributed by atoms with Crippen molar-refractivity contribution in [1.29, 1.82) is 0 Å². The van der Waals surface area contributed by atoms with Crippen LogP contribution in [0.15, 0.2) is 23.9 Å². The van der Waals surface area contributed by atoms with Gasteiger partial charge in [0.25, 0.3) is 0 Å². The topological polar surface area (TPSA) is 74.3 Å². The molecule has 1 saturated carbocycles. The van der Waals surface area contributed by atoms with Gasteiger partial charge in [0.2, 0.25) is 0 Å². The number of fused-ring (bicyclic) bond motifs is 3. The molecular formula is C24H31NO6. The summed E-state index contributed by atoms with van der Waals surface area (Å²) in [5, 5.41) is 0. The molecule has 2 atom stereocenters. The average molecular weight is 430 g/mol. The minimum absolute atomic E-state index is 0.126. The lowest BCUT2D eigenvalue weighted by atomic mass is 9.78. The van der Waals surface area contributed by atoms with E-state index < -0.39 is 5.97 Å². The number of benzene rings is 1. The largest absolute Gasteiger partial charge is 0.493 e. The maximum absolute atomic E-state index is 12.9. The summed E-state index contributed by atoms with van der Waals surface area (Å²) in [6.45, 7) is 5.21. The third-order valence-electron chi connectivity index (χ3n) is 6.76. The molecule has 31 heavy (non-hydrogen) atoms. The van der Waals surface area contributed by atoms with Crippen LogP contribution in [0.4, 0.5) is 0 Å². The Morgan fingerprint density at radius 3 is 2.58 bits per heavy atom. The van der Waals surface area contributed by atoms with Gasteiger partial charge in [0, 0.05) is 25.8 Å². The maximum atomic E-state index is 12.9. The van der Waals surface area contributed by atoms with Crippen molar-refractivity contribution in [3.63, 3.8) is 0 Å². The van der Waals surface area contributed by atoms with Gasteiger partial charge in [-0.1, -0.05) is 6.92 Å². The SMILES string of the molecule is CCOC(=O)C1=CN2C(CC1=O)c1cc(OC)c(OCCOC)cc1CC2C1(C)CC1. The highest BCUT2D eigenvalue weighted by atomic mass is 16.5. The normalized spacial score (nSPS) is 23.4. The molecule has 1 aromatic carbocycles. The second-order valence-electron chi connectivity index (χ2n) is 8.77. The quantitative estimate of drug-likeness (QED) is 0.357. The summed E-state index contributed by atoms with van der Waals surface area (Å²) in [5.41, 5.74) is 2.56. The first-order valence-electron chi connectivity index (χ1n) is 10.9. The van der Waals surface area contributed by atoms with E-state index >= 15 is 0 Å². The Morgan fingerprint density at radius 2 is 1.94 bits per heavy atom. The molecule has 0 N–H and O–H groups in total. The van der Waals surface area contributed by atoms with E-state index in [4.69, 9.17) is 18.9 Å². The fraction of sp³-hybridized carbons (Fsp3) is 0.583. The lowest BCUT2D eigenvalue weighted by Gasteiger charge is -2.47. The molecule has 0 saturated heterocycles. The standard InChI is InChI=1S/C24H31NO6/c1-5-30-23(27)17-14-25-18(13-19(17)26)16-12-20(29-4)21(31-9-8-28-3)10-15(16)11-22(25)24(2)6-7-24/h10,12,14,18,22H,5-9,11,13H2,1-4H3. The predicted molar refractivity (Wildman–Crippen MR) is 114 cm³/mol. The molecule has 7 heteroatoms. The molecule has 0 bridgehead atoms. The van der Waals surface area contributed by atoms with Gasteiger partial charge in [-0.25, -0.2) is 4.79 Å². The molecule has 2 unspecified atom stereocenters. The molecule has 2 aliphatic heterocycles. The highest BCUT2D eigenvalue weighted by Crippen LogP contribution is 2.56. The van der Waals surface area contributed by atoms with Crippen molar-refractivity contribution in [3.8, 4) is 11.5 Å². The first kappa shape index (κ1) is 21.7. The van der Waals surface area contributed by atoms with Crippen molar-refractivity contribution in [1.82, 2.24) is 4.90 Å². The van der Waals surface area contributed by atoms with Crippen molar-refractivity contribution >= 4 is 11.8 Å². The fourth-order valence-electron chi connectivity index (χ4n) is 4.72. The molecule has 1 aromatic rings. The lowest BCUT2D eigenvalue weighted by Crippen LogP contribution is -2.48. The van der Waals surface area contributed by atoms with Crippen LogP contribution in [0, 0.1) is 5.41 Å². The van der Waals surface area contributed by atoms with Crippen molar-refractivity contribution < 1.29 is 28.5 Å². The number of nitrogens with zero attached hydrogens (tertiary/aromatic N) is 1. The van der Waals surface area contributed by atoms with Gasteiger partial charge in [-0.3, -0.25) is 4.79 Å². The molecule has 7 nitrogen and oxygen atoms in total. The Kier molecular flexibility index (Phi) is 5.97. The van der Waals surface area contributed by atoms with Crippen LogP contribution >= 0.6 is 0 Å². The Labute approximate surface area is 183 Å². The van der Waals surface area contributed by atoms with Crippen LogP contribution in [0.5, 0.6) is 11.5 Å². The van der Waals surface area contributed by atoms with Crippen LogP contribution in [0.3, 0.4) is 0 Å². The third-order valence-corrected chi connectivity index (χ3v) is 6.76. The minimum atomic E-state index is -0.532. The van der Waals surface area contributed by atoms with E-state index in [1.165, 1.54) is 5.56 Å². The zero-order valence-corrected chi connectivity index (χ0v) is 18.7. The molecule has 168 valence electrons. The zero-order chi connectivity index (χ0) is 22.2. The molecule has 1 fully saturated rings. The molecule has 0 radical (unpaired) electrons. The maximum Gasteiger partial charge on any atom is 0.343 e. The summed E-state index contributed by atoms with van der Waals surface area (Å²) in [6.07, 6.45) is 5.10. The van der Waals surface area contributed by atoms with Crippen molar-refractivity contribution in [2.75, 3.05) is 34.0 Å². The fourth-order valence-corrected chi connectivity index (χ4v) is 4.72. The van der Waals surface area contributed by atoms with Gasteiger partial charge in [-0.2, -0.15) is 0 Å². The molecule has 4 rings (SSSR count). The summed E-state index contributed by atoms with van der Waals surface area (Å²) < 4.78 is 21.7. The summed E-state index contributed by atoms with van der Waals surface area (Å²) in [6, 6.07) is 4.12. The number of carbonyl (C=O) groups excluding carboxylic acids is 2. The lowest BCUT2D eigenvalue weighted by molar-refractivity contribution is -0.140. The number of methoxy groups -OCH3 is 2. The number of rotatable bonds is 8. The van der Waals surface area contributed by atoms with Crippen LogP contribution in [-0.2, 0) is 25.5 Å². The van der Waals surface area contributed by atoms with Crippen molar-refractivity contribution in [2.24, 2.45) is 5.41 Å². The Bertz CT molecular complexity index is 904. The predicted octanol–water partition coefficient (Wildman–Crippen LogP) is 3.21. The Hall–Kier alpha value is -2.54. The molecule has 1 aliphatic carbocycles. The van der Waals surface area contributed by atoms with Gasteiger partial charge >= 0.3 is 5.97 Å². The summed E-state index contributed by atoms with van der Waals surface area (Å²) in [7, 11) is 3.26. The number of ether oxygens (including phenoxy) is 4. The number of hydrogen-bond acceptors (Lipinski definition) is 7. The smallest absolute Gasteiger partial charge is 0.343 e. The van der Waals surface area contributed by atoms with Crippen molar-refractivity contribution in [3.05, 3.63) is 35.0 Å². The van der Waals surface area contributed by atoms with Gasteiger partial charge in [-0.05, 0) is 54.9 Å². The van der Waals surface area contributed by atoms with Gasteiger partial charge in [-0.15, -0.1) is 0 Å². The second-order valence-corrected chi connectivity index (χ2v) is 8.77. The van der Waals surface area contributed by atoms with E-state index in [-0.39, 0.29) is 41.9 Å². The molecule has 2 heterocycles. The van der Waals surface area contributed by atoms with Crippen LogP contribution in [-0.4, -0.2) is 56.7 Å². The number of ketones is 1. The summed E-state index contributed by atoms with van der Waals surface area (Å²) in [4.78, 5) is 27.5. The number of carbonyl (C=O) groups is 2. The molecular weight excluding hydrogens is 398 g/mol. The Morgan fingerprint density at radius 1 is 1.16 bits per heavy atom. The first-order chi connectivity index (χ1) is 14.9. The molecule has 0 spiro atoms. The van der Waals surface area contributed by atoms with Crippen LogP contribution < -0.4 is 9.47 Å². The van der Waals surface area contributed by atoms with Crippen molar-refractivity contribution in [2.45, 2.75) is 51.6 Å². The number of hydrogen-bond donors (Lipinski definition) is 0. The van der Waals surface area contributed by atoms with Crippen LogP contribution in [0.25, 0.3) is 0 Å². The molecule has 3 aliphatic rings. The highest BCUT2D eigenvalue weighted by Gasteiger charge is 2.52. The summed E-state index contributed by atoms with van der Waals surface area (Å²) >= 11 is 0. The van der Waals surface area contributed by atoms with Gasteiger partial charge in [0.15, 0.2) is 17.3 Å². The zero-order valence-electron chi connectivity index (χ0n) is 18.7. The average Bonchev–Trinajstić information content (AvgIpc) is 3.51. The first-order valence-corrected chi connectivity index (χ1v) is 10.9. The minimum Gasteiger partial charge on any atom is -0.493 e.